The average Bonchev–Trinajstić information content (AvgIpc) is 3.65. The third-order valence-electron chi connectivity index (χ3n) is 10.1. The van der Waals surface area contributed by atoms with Gasteiger partial charge in [-0.3, -0.25) is 0 Å². The number of hydrogen-bond acceptors (Lipinski definition) is 2. The Balaban J connectivity index is 1.53. The molecule has 2 aliphatic heterocycles. The zero-order valence-corrected chi connectivity index (χ0v) is 22.5. The standard InChI is InChI=1S/C35H40N2/c1-25-15-9-13-23-31(25)36-26(2)33-35(29-20-10-11-21-29,28-18-7-4-8-19-28)30-22-12-14-24-32(30)37(33)34(36)27-16-5-3-6-17-27/h4,7-9,12-15,18-19,22-24,27,29,34H,3,5-6,10-11,16-17,20-21H2,1-2H3. The first-order chi connectivity index (χ1) is 18.2. The molecule has 0 N–H and O–H groups in total. The van der Waals surface area contributed by atoms with Crippen LogP contribution in [0.4, 0.5) is 11.4 Å². The third kappa shape index (κ3) is 3.30. The molecule has 3 aromatic carbocycles. The van der Waals surface area contributed by atoms with Crippen LogP contribution in [0, 0.1) is 18.8 Å². The molecule has 4 aliphatic rings. The normalized spacial score (nSPS) is 26.2. The van der Waals surface area contributed by atoms with Crippen LogP contribution >= 0.6 is 0 Å². The molecular weight excluding hydrogens is 448 g/mol. The second-order valence-electron chi connectivity index (χ2n) is 11.9. The summed E-state index contributed by atoms with van der Waals surface area (Å²) in [6, 6.07) is 30.1. The van der Waals surface area contributed by atoms with E-state index in [2.05, 4.69) is 103 Å². The number of nitrogens with zero attached hydrogens (tertiary/aromatic N) is 2. The fourth-order valence-corrected chi connectivity index (χ4v) is 8.63. The van der Waals surface area contributed by atoms with Gasteiger partial charge < -0.3 is 9.80 Å². The van der Waals surface area contributed by atoms with E-state index in [1.807, 2.05) is 0 Å². The van der Waals surface area contributed by atoms with Gasteiger partial charge in [-0.1, -0.05) is 98.8 Å². The van der Waals surface area contributed by atoms with Gasteiger partial charge in [0.1, 0.15) is 6.17 Å². The van der Waals surface area contributed by atoms with Crippen LogP contribution in [-0.4, -0.2) is 6.17 Å². The summed E-state index contributed by atoms with van der Waals surface area (Å²) in [6.07, 6.45) is 12.4. The molecule has 2 atom stereocenters. The van der Waals surface area contributed by atoms with Crippen LogP contribution in [0.15, 0.2) is 90.3 Å². The lowest BCUT2D eigenvalue weighted by Gasteiger charge is -2.41. The van der Waals surface area contributed by atoms with Crippen LogP contribution in [0.2, 0.25) is 0 Å². The quantitative estimate of drug-likeness (QED) is 0.362. The van der Waals surface area contributed by atoms with Gasteiger partial charge in [-0.15, -0.1) is 0 Å². The number of fused-ring (bicyclic) bond motifs is 3. The Morgan fingerprint density at radius 1 is 0.622 bits per heavy atom. The molecule has 3 aromatic rings. The van der Waals surface area contributed by atoms with E-state index in [1.54, 1.807) is 11.3 Å². The number of rotatable bonds is 4. The molecule has 0 bridgehead atoms. The van der Waals surface area contributed by atoms with Gasteiger partial charge in [0.2, 0.25) is 0 Å². The highest BCUT2D eigenvalue weighted by atomic mass is 15.4. The molecular formula is C35H40N2. The number of aryl methyl sites for hydroxylation is 1. The maximum atomic E-state index is 2.85. The van der Waals surface area contributed by atoms with E-state index in [0.717, 1.165) is 0 Å². The van der Waals surface area contributed by atoms with Gasteiger partial charge in [0.25, 0.3) is 0 Å². The molecule has 190 valence electrons. The van der Waals surface area contributed by atoms with Crippen LogP contribution in [0.5, 0.6) is 0 Å². The van der Waals surface area contributed by atoms with Gasteiger partial charge in [0, 0.05) is 17.1 Å². The lowest BCUT2D eigenvalue weighted by atomic mass is 9.64. The number of para-hydroxylation sites is 2. The monoisotopic (exact) mass is 488 g/mol. The van der Waals surface area contributed by atoms with Crippen molar-refractivity contribution in [3.63, 3.8) is 0 Å². The average molecular weight is 489 g/mol. The first kappa shape index (κ1) is 23.1. The van der Waals surface area contributed by atoms with Crippen LogP contribution in [0.1, 0.15) is 81.4 Å². The van der Waals surface area contributed by atoms with E-state index < -0.39 is 0 Å². The molecule has 2 heteroatoms. The van der Waals surface area contributed by atoms with Crippen molar-refractivity contribution < 1.29 is 0 Å². The molecule has 2 saturated carbocycles. The van der Waals surface area contributed by atoms with Crippen LogP contribution < -0.4 is 9.80 Å². The van der Waals surface area contributed by atoms with Crippen molar-refractivity contribution in [2.45, 2.75) is 83.2 Å². The summed E-state index contributed by atoms with van der Waals surface area (Å²) in [7, 11) is 0. The Kier molecular flexibility index (Phi) is 5.68. The Hall–Kier alpha value is -3.00. The fraction of sp³-hybridized carbons (Fsp3) is 0.429. The minimum atomic E-state index is -0.0806. The van der Waals surface area contributed by atoms with Crippen molar-refractivity contribution in [3.05, 3.63) is 107 Å². The molecule has 2 fully saturated rings. The van der Waals surface area contributed by atoms with Gasteiger partial charge >= 0.3 is 0 Å². The van der Waals surface area contributed by atoms with Gasteiger partial charge in [-0.05, 0) is 80.2 Å². The molecule has 0 spiro atoms. The molecule has 7 rings (SSSR count). The highest BCUT2D eigenvalue weighted by Gasteiger charge is 2.60. The Bertz CT molecular complexity index is 1310. The topological polar surface area (TPSA) is 6.48 Å². The summed E-state index contributed by atoms with van der Waals surface area (Å²) in [5.74, 6) is 1.30. The van der Waals surface area contributed by atoms with Gasteiger partial charge in [0.15, 0.2) is 0 Å². The summed E-state index contributed by atoms with van der Waals surface area (Å²) >= 11 is 0. The molecule has 2 nitrogen and oxygen atoms in total. The van der Waals surface area contributed by atoms with Gasteiger partial charge in [0.05, 0.1) is 11.1 Å². The van der Waals surface area contributed by atoms with E-state index >= 15 is 0 Å². The zero-order chi connectivity index (χ0) is 25.0. The van der Waals surface area contributed by atoms with E-state index in [4.69, 9.17) is 0 Å². The number of hydrogen-bond donors (Lipinski definition) is 0. The Morgan fingerprint density at radius 2 is 1.24 bits per heavy atom. The number of benzene rings is 3. The summed E-state index contributed by atoms with van der Waals surface area (Å²) in [5, 5.41) is 0. The fourth-order valence-electron chi connectivity index (χ4n) is 8.63. The summed E-state index contributed by atoms with van der Waals surface area (Å²) in [4.78, 5) is 5.61. The zero-order valence-electron chi connectivity index (χ0n) is 22.5. The smallest absolute Gasteiger partial charge is 0.113 e. The molecule has 2 unspecified atom stereocenters. The van der Waals surface area contributed by atoms with Crippen LogP contribution in [0.25, 0.3) is 0 Å². The number of anilines is 2. The maximum Gasteiger partial charge on any atom is 0.113 e. The van der Waals surface area contributed by atoms with Gasteiger partial charge in [-0.2, -0.15) is 0 Å². The minimum absolute atomic E-state index is 0.0806. The predicted molar refractivity (Wildman–Crippen MR) is 155 cm³/mol. The van der Waals surface area contributed by atoms with Crippen molar-refractivity contribution >= 4 is 11.4 Å². The van der Waals surface area contributed by atoms with Crippen molar-refractivity contribution in [1.29, 1.82) is 0 Å². The SMILES string of the molecule is CC1=C2N(c3ccccc3C2(c2ccccc2)C2CCCC2)C(C2CCCCC2)N1c1ccccc1C. The second kappa shape index (κ2) is 9.08. The van der Waals surface area contributed by atoms with E-state index in [0.29, 0.717) is 18.0 Å². The highest BCUT2D eigenvalue weighted by molar-refractivity contribution is 5.82. The predicted octanol–water partition coefficient (Wildman–Crippen LogP) is 8.95. The summed E-state index contributed by atoms with van der Waals surface area (Å²) in [6.45, 7) is 4.74. The maximum absolute atomic E-state index is 2.85. The van der Waals surface area contributed by atoms with Gasteiger partial charge in [-0.25, -0.2) is 0 Å². The Labute approximate surface area is 223 Å². The van der Waals surface area contributed by atoms with E-state index in [1.165, 1.54) is 86.0 Å². The number of allylic oxidation sites excluding steroid dienone is 2. The first-order valence-corrected chi connectivity index (χ1v) is 14.7. The Morgan fingerprint density at radius 3 is 1.97 bits per heavy atom. The molecule has 37 heavy (non-hydrogen) atoms. The third-order valence-corrected chi connectivity index (χ3v) is 10.1. The van der Waals surface area contributed by atoms with Crippen molar-refractivity contribution in [2.24, 2.45) is 11.8 Å². The lowest BCUT2D eigenvalue weighted by molar-refractivity contribution is 0.303. The highest BCUT2D eigenvalue weighted by Crippen LogP contribution is 2.64. The van der Waals surface area contributed by atoms with Crippen molar-refractivity contribution in [2.75, 3.05) is 9.80 Å². The molecule has 0 aromatic heterocycles. The molecule has 0 amide bonds. The molecule has 2 aliphatic carbocycles. The second-order valence-corrected chi connectivity index (χ2v) is 11.9. The molecule has 2 heterocycles. The minimum Gasteiger partial charge on any atom is -0.322 e. The van der Waals surface area contributed by atoms with Crippen molar-refractivity contribution in [3.8, 4) is 0 Å². The van der Waals surface area contributed by atoms with Crippen LogP contribution in [0.3, 0.4) is 0 Å². The summed E-state index contributed by atoms with van der Waals surface area (Å²) in [5.41, 5.74) is 10.2. The van der Waals surface area contributed by atoms with Crippen molar-refractivity contribution in [1.82, 2.24) is 0 Å². The van der Waals surface area contributed by atoms with E-state index in [9.17, 15) is 0 Å². The lowest BCUT2D eigenvalue weighted by Crippen LogP contribution is -2.47. The largest absolute Gasteiger partial charge is 0.322 e. The molecule has 0 saturated heterocycles. The summed E-state index contributed by atoms with van der Waals surface area (Å²) < 4.78 is 0. The first-order valence-electron chi connectivity index (χ1n) is 14.7. The van der Waals surface area contributed by atoms with Crippen LogP contribution in [-0.2, 0) is 5.41 Å². The molecule has 0 radical (unpaired) electrons. The van der Waals surface area contributed by atoms with E-state index in [-0.39, 0.29) is 5.41 Å².